The quantitative estimate of drug-likeness (QED) is 0.719. The molecule has 2 aromatic rings. The van der Waals surface area contributed by atoms with Crippen molar-refractivity contribution >= 4 is 18.3 Å². The Morgan fingerprint density at radius 3 is 2.46 bits per heavy atom. The molecule has 0 radical (unpaired) electrons. The topological polar surface area (TPSA) is 84.6 Å². The molecule has 5 nitrogen and oxygen atoms in total. The van der Waals surface area contributed by atoms with Gasteiger partial charge < -0.3 is 20.9 Å². The summed E-state index contributed by atoms with van der Waals surface area (Å²) in [5, 5.41) is 12.2. The number of carbonyl (C=O) groups excluding carboxylic acids is 1. The van der Waals surface area contributed by atoms with Gasteiger partial charge in [-0.1, -0.05) is 12.1 Å². The Morgan fingerprint density at radius 2 is 1.88 bits per heavy atom. The van der Waals surface area contributed by atoms with Crippen LogP contribution >= 0.6 is 12.4 Å². The van der Waals surface area contributed by atoms with E-state index in [9.17, 15) is 14.3 Å². The number of carbonyl (C=O) groups is 1. The number of hydrogen-bond donors (Lipinski definition) is 3. The molecule has 4 N–H and O–H groups in total. The summed E-state index contributed by atoms with van der Waals surface area (Å²) in [5.41, 5.74) is 6.52. The Balaban J connectivity index is 0.00000243. The molecule has 0 saturated heterocycles. The fourth-order valence-electron chi connectivity index (χ4n) is 2.67. The van der Waals surface area contributed by atoms with Crippen LogP contribution in [0.4, 0.5) is 4.39 Å². The van der Waals surface area contributed by atoms with Crippen molar-refractivity contribution in [3.05, 3.63) is 59.4 Å². The Morgan fingerprint density at radius 1 is 1.19 bits per heavy atom. The van der Waals surface area contributed by atoms with Crippen molar-refractivity contribution in [2.45, 2.75) is 31.4 Å². The maximum absolute atomic E-state index is 14.0. The molecule has 2 atom stereocenters. The lowest BCUT2D eigenvalue weighted by molar-refractivity contribution is 0.0446. The van der Waals surface area contributed by atoms with Gasteiger partial charge in [0.05, 0.1) is 17.7 Å². The van der Waals surface area contributed by atoms with Crippen molar-refractivity contribution in [2.75, 3.05) is 6.54 Å². The molecule has 1 saturated carbocycles. The van der Waals surface area contributed by atoms with E-state index in [0.717, 1.165) is 12.0 Å². The molecule has 0 unspecified atom stereocenters. The van der Waals surface area contributed by atoms with E-state index in [-0.39, 0.29) is 24.0 Å². The lowest BCUT2D eigenvalue weighted by atomic mass is 9.89. The van der Waals surface area contributed by atoms with Crippen LogP contribution in [0.3, 0.4) is 0 Å². The van der Waals surface area contributed by atoms with E-state index in [1.54, 1.807) is 12.1 Å². The number of aliphatic hydroxyl groups is 1. The van der Waals surface area contributed by atoms with E-state index in [2.05, 4.69) is 5.32 Å². The zero-order valence-corrected chi connectivity index (χ0v) is 15.0. The molecule has 0 aromatic heterocycles. The van der Waals surface area contributed by atoms with Crippen molar-refractivity contribution in [3.8, 4) is 11.5 Å². The SMILES string of the molecule is Cl.NCCc1ccc(Oc2ccc(F)c(C(=O)N[C@H]3CC[C@@H]3O)c2)cc1. The summed E-state index contributed by atoms with van der Waals surface area (Å²) in [4.78, 5) is 12.2. The number of rotatable bonds is 6. The number of aliphatic hydroxyl groups excluding tert-OH is 1. The molecule has 0 bridgehead atoms. The van der Waals surface area contributed by atoms with Crippen molar-refractivity contribution in [1.82, 2.24) is 5.32 Å². The van der Waals surface area contributed by atoms with Crippen LogP contribution in [0, 0.1) is 5.82 Å². The van der Waals surface area contributed by atoms with E-state index in [1.807, 2.05) is 12.1 Å². The molecule has 0 spiro atoms. The summed E-state index contributed by atoms with van der Waals surface area (Å²) < 4.78 is 19.7. The number of halogens is 2. The van der Waals surface area contributed by atoms with Gasteiger partial charge in [-0.2, -0.15) is 0 Å². The average molecular weight is 381 g/mol. The van der Waals surface area contributed by atoms with Crippen molar-refractivity contribution in [3.63, 3.8) is 0 Å². The minimum absolute atomic E-state index is 0. The smallest absolute Gasteiger partial charge is 0.254 e. The Hall–Kier alpha value is -2.15. The second kappa shape index (κ2) is 8.98. The lowest BCUT2D eigenvalue weighted by Gasteiger charge is -2.32. The minimum Gasteiger partial charge on any atom is -0.457 e. The van der Waals surface area contributed by atoms with Gasteiger partial charge in [-0.25, -0.2) is 4.39 Å². The van der Waals surface area contributed by atoms with Crippen LogP contribution in [0.1, 0.15) is 28.8 Å². The predicted molar refractivity (Wildman–Crippen MR) is 99.4 cm³/mol. The van der Waals surface area contributed by atoms with Crippen molar-refractivity contribution in [1.29, 1.82) is 0 Å². The zero-order valence-electron chi connectivity index (χ0n) is 14.2. The van der Waals surface area contributed by atoms with E-state index in [0.29, 0.717) is 30.9 Å². The van der Waals surface area contributed by atoms with Gasteiger partial charge in [0, 0.05) is 0 Å². The van der Waals surface area contributed by atoms with E-state index in [4.69, 9.17) is 10.5 Å². The Labute approximate surface area is 157 Å². The highest BCUT2D eigenvalue weighted by molar-refractivity contribution is 5.95. The molecule has 1 aliphatic rings. The fraction of sp³-hybridized carbons (Fsp3) is 0.316. The Bertz CT molecular complexity index is 755. The van der Waals surface area contributed by atoms with Crippen LogP contribution in [0.25, 0.3) is 0 Å². The molecule has 7 heteroatoms. The summed E-state index contributed by atoms with van der Waals surface area (Å²) in [5.74, 6) is -0.220. The first kappa shape index (κ1) is 20.2. The molecule has 1 fully saturated rings. The average Bonchev–Trinajstić information content (AvgIpc) is 2.61. The number of benzene rings is 2. The highest BCUT2D eigenvalue weighted by atomic mass is 35.5. The molecule has 0 heterocycles. The van der Waals surface area contributed by atoms with Crippen molar-refractivity contribution in [2.24, 2.45) is 5.73 Å². The highest BCUT2D eigenvalue weighted by Gasteiger charge is 2.30. The molecular weight excluding hydrogens is 359 g/mol. The van der Waals surface area contributed by atoms with Gasteiger partial charge in [0.2, 0.25) is 0 Å². The summed E-state index contributed by atoms with van der Waals surface area (Å²) in [6.45, 7) is 0.576. The third kappa shape index (κ3) is 4.72. The van der Waals surface area contributed by atoms with Gasteiger partial charge in [0.25, 0.3) is 5.91 Å². The molecular formula is C19H22ClFN2O3. The fourth-order valence-corrected chi connectivity index (χ4v) is 2.67. The zero-order chi connectivity index (χ0) is 17.8. The molecule has 140 valence electrons. The number of nitrogens with one attached hydrogen (secondary N) is 1. The van der Waals surface area contributed by atoms with Crippen LogP contribution in [-0.2, 0) is 6.42 Å². The monoisotopic (exact) mass is 380 g/mol. The number of hydrogen-bond acceptors (Lipinski definition) is 4. The maximum atomic E-state index is 14.0. The first-order valence-corrected chi connectivity index (χ1v) is 8.32. The predicted octanol–water partition coefficient (Wildman–Crippen LogP) is 2.79. The summed E-state index contributed by atoms with van der Waals surface area (Å²) in [6, 6.07) is 11.2. The molecule has 0 aliphatic heterocycles. The summed E-state index contributed by atoms with van der Waals surface area (Å²) in [7, 11) is 0. The van der Waals surface area contributed by atoms with Crippen molar-refractivity contribution < 1.29 is 19.0 Å². The largest absolute Gasteiger partial charge is 0.457 e. The van der Waals surface area contributed by atoms with Crippen LogP contribution in [0.2, 0.25) is 0 Å². The minimum atomic E-state index is -0.628. The van der Waals surface area contributed by atoms with Gasteiger partial charge in [-0.3, -0.25) is 4.79 Å². The third-order valence-electron chi connectivity index (χ3n) is 4.33. The molecule has 3 rings (SSSR count). The van der Waals surface area contributed by atoms with Crippen LogP contribution in [0.5, 0.6) is 11.5 Å². The van der Waals surface area contributed by atoms with E-state index < -0.39 is 17.8 Å². The molecule has 1 aliphatic carbocycles. The maximum Gasteiger partial charge on any atom is 0.254 e. The summed E-state index contributed by atoms with van der Waals surface area (Å²) in [6.07, 6.45) is 1.57. The van der Waals surface area contributed by atoms with Gasteiger partial charge in [0.15, 0.2) is 0 Å². The Kier molecular flexibility index (Phi) is 6.97. The van der Waals surface area contributed by atoms with Crippen LogP contribution < -0.4 is 15.8 Å². The van der Waals surface area contributed by atoms with E-state index >= 15 is 0 Å². The normalized spacial score (nSPS) is 18.4. The number of amides is 1. The second-order valence-corrected chi connectivity index (χ2v) is 6.15. The molecule has 1 amide bonds. The van der Waals surface area contributed by atoms with Gasteiger partial charge in [0.1, 0.15) is 17.3 Å². The number of ether oxygens (including phenoxy) is 1. The summed E-state index contributed by atoms with van der Waals surface area (Å²) >= 11 is 0. The van der Waals surface area contributed by atoms with Gasteiger partial charge >= 0.3 is 0 Å². The first-order chi connectivity index (χ1) is 12.1. The third-order valence-corrected chi connectivity index (χ3v) is 4.33. The number of nitrogens with two attached hydrogens (primary N) is 1. The van der Waals surface area contributed by atoms with Crippen LogP contribution in [0.15, 0.2) is 42.5 Å². The highest BCUT2D eigenvalue weighted by Crippen LogP contribution is 2.25. The first-order valence-electron chi connectivity index (χ1n) is 8.32. The lowest BCUT2D eigenvalue weighted by Crippen LogP contribution is -2.50. The van der Waals surface area contributed by atoms with Gasteiger partial charge in [-0.15, -0.1) is 12.4 Å². The second-order valence-electron chi connectivity index (χ2n) is 6.15. The van der Waals surface area contributed by atoms with Crippen LogP contribution in [-0.4, -0.2) is 29.7 Å². The standard InChI is InChI=1S/C19H21FN2O3.ClH/c20-16-6-5-14(25-13-3-1-12(2-4-13)9-10-21)11-15(16)19(24)22-17-7-8-18(17)23;/h1-6,11,17-18,23H,7-10,21H2,(H,22,24);1H/t17-,18-;/m0./s1. The van der Waals surface area contributed by atoms with E-state index in [1.165, 1.54) is 18.2 Å². The molecule has 2 aromatic carbocycles. The van der Waals surface area contributed by atoms with Gasteiger partial charge in [-0.05, 0) is 61.7 Å². The molecule has 26 heavy (non-hydrogen) atoms.